The molecule has 28 heavy (non-hydrogen) atoms. The van der Waals surface area contributed by atoms with Gasteiger partial charge in [0.1, 0.15) is 11.5 Å². The summed E-state index contributed by atoms with van der Waals surface area (Å²) in [7, 11) is 1.70. The molecule has 0 atom stereocenters. The molecule has 0 unspecified atom stereocenters. The lowest BCUT2D eigenvalue weighted by Crippen LogP contribution is -2.23. The van der Waals surface area contributed by atoms with E-state index >= 15 is 0 Å². The molecule has 1 fully saturated rings. The van der Waals surface area contributed by atoms with Gasteiger partial charge in [0.15, 0.2) is 5.17 Å². The fourth-order valence-corrected chi connectivity index (χ4v) is 4.02. The van der Waals surface area contributed by atoms with Crippen LogP contribution in [0, 0.1) is 0 Å². The van der Waals surface area contributed by atoms with E-state index < -0.39 is 0 Å². The topological polar surface area (TPSA) is 45.8 Å². The van der Waals surface area contributed by atoms with E-state index in [0.29, 0.717) is 26.5 Å². The molecule has 2 heterocycles. The number of furan rings is 1. The maximum atomic E-state index is 12.6. The van der Waals surface area contributed by atoms with Crippen molar-refractivity contribution in [3.63, 3.8) is 0 Å². The Morgan fingerprint density at radius 1 is 1.14 bits per heavy atom. The Labute approximate surface area is 180 Å². The van der Waals surface area contributed by atoms with E-state index in [-0.39, 0.29) is 5.91 Å². The zero-order chi connectivity index (χ0) is 19.7. The van der Waals surface area contributed by atoms with Crippen LogP contribution in [0.4, 0.5) is 5.69 Å². The van der Waals surface area contributed by atoms with Gasteiger partial charge in [0.05, 0.1) is 15.6 Å². The third-order valence-electron chi connectivity index (χ3n) is 4.09. The highest BCUT2D eigenvalue weighted by atomic mass is 79.9. The molecule has 1 saturated heterocycles. The molecule has 4 nitrogen and oxygen atoms in total. The Kier molecular flexibility index (Phi) is 5.44. The molecule has 1 amide bonds. The fraction of sp³-hybridized carbons (Fsp3) is 0.0476. The van der Waals surface area contributed by atoms with E-state index in [2.05, 4.69) is 20.9 Å². The summed E-state index contributed by atoms with van der Waals surface area (Å²) >= 11 is 10.8. The lowest BCUT2D eigenvalue weighted by Gasteiger charge is -2.07. The number of benzene rings is 2. The zero-order valence-electron chi connectivity index (χ0n) is 14.7. The van der Waals surface area contributed by atoms with Gasteiger partial charge >= 0.3 is 0 Å². The van der Waals surface area contributed by atoms with E-state index in [4.69, 9.17) is 16.0 Å². The van der Waals surface area contributed by atoms with Crippen molar-refractivity contribution in [3.05, 3.63) is 80.8 Å². The minimum atomic E-state index is -0.121. The lowest BCUT2D eigenvalue weighted by molar-refractivity contribution is -0.121. The Morgan fingerprint density at radius 3 is 2.68 bits per heavy atom. The molecule has 7 heteroatoms. The second kappa shape index (κ2) is 7.99. The smallest absolute Gasteiger partial charge is 0.266 e. The molecule has 0 radical (unpaired) electrons. The number of thioether (sulfide) groups is 1. The van der Waals surface area contributed by atoms with Crippen molar-refractivity contribution >= 4 is 62.1 Å². The third kappa shape index (κ3) is 3.94. The van der Waals surface area contributed by atoms with Crippen molar-refractivity contribution in [2.24, 2.45) is 4.99 Å². The summed E-state index contributed by atoms with van der Waals surface area (Å²) in [6, 6.07) is 19.0. The number of likely N-dealkylation sites (N-methyl/N-ethyl adjacent to an activating group) is 1. The van der Waals surface area contributed by atoms with Gasteiger partial charge in [0, 0.05) is 23.2 Å². The van der Waals surface area contributed by atoms with Gasteiger partial charge in [-0.15, -0.1) is 0 Å². The summed E-state index contributed by atoms with van der Waals surface area (Å²) in [4.78, 5) is 19.2. The van der Waals surface area contributed by atoms with Crippen LogP contribution in [0.15, 0.2) is 79.5 Å². The molecule has 0 spiro atoms. The number of hydrogen-bond acceptors (Lipinski definition) is 4. The van der Waals surface area contributed by atoms with Crippen molar-refractivity contribution in [3.8, 4) is 11.3 Å². The van der Waals surface area contributed by atoms with Gasteiger partial charge in [-0.05, 0) is 58.0 Å². The van der Waals surface area contributed by atoms with Crippen LogP contribution in [0.2, 0.25) is 5.02 Å². The molecular weight excluding hydrogens is 460 g/mol. The quantitative estimate of drug-likeness (QED) is 0.403. The van der Waals surface area contributed by atoms with Crippen molar-refractivity contribution < 1.29 is 9.21 Å². The number of carbonyl (C=O) groups excluding carboxylic acids is 1. The highest BCUT2D eigenvalue weighted by Crippen LogP contribution is 2.35. The molecule has 140 valence electrons. The van der Waals surface area contributed by atoms with E-state index in [1.165, 1.54) is 16.7 Å². The highest BCUT2D eigenvalue weighted by molar-refractivity contribution is 9.10. The van der Waals surface area contributed by atoms with Gasteiger partial charge in [-0.3, -0.25) is 9.69 Å². The maximum absolute atomic E-state index is 12.6. The number of rotatable bonds is 3. The van der Waals surface area contributed by atoms with Gasteiger partial charge in [-0.25, -0.2) is 4.99 Å². The Bertz CT molecular complexity index is 1110. The molecule has 3 aromatic rings. The molecule has 0 saturated carbocycles. The monoisotopic (exact) mass is 472 g/mol. The minimum Gasteiger partial charge on any atom is -0.457 e. The molecule has 0 bridgehead atoms. The number of carbonyl (C=O) groups is 1. The fourth-order valence-electron chi connectivity index (χ4n) is 2.63. The standard InChI is InChI=1S/C21H14BrClN2O2S/c1-25-20(26)19(28-21(25)24-14-7-9-16(22)17(23)11-14)12-15-8-10-18(27-15)13-5-3-2-4-6-13/h2-12H,1H3/b19-12-,24-21?. The molecule has 1 aliphatic rings. The largest absolute Gasteiger partial charge is 0.457 e. The molecule has 1 aromatic heterocycles. The number of hydrogen-bond donors (Lipinski definition) is 0. The van der Waals surface area contributed by atoms with Crippen LogP contribution in [0.5, 0.6) is 0 Å². The number of halogens is 2. The minimum absolute atomic E-state index is 0.121. The summed E-state index contributed by atoms with van der Waals surface area (Å²) < 4.78 is 6.67. The van der Waals surface area contributed by atoms with E-state index in [1.54, 1.807) is 19.2 Å². The first-order valence-electron chi connectivity index (χ1n) is 8.38. The average Bonchev–Trinajstić information content (AvgIpc) is 3.27. The molecule has 2 aromatic carbocycles. The SMILES string of the molecule is CN1C(=O)/C(=C/c2ccc(-c3ccccc3)o2)SC1=Nc1ccc(Br)c(Cl)c1. The van der Waals surface area contributed by atoms with Crippen LogP contribution in [0.1, 0.15) is 5.76 Å². The van der Waals surface area contributed by atoms with Gasteiger partial charge in [0.2, 0.25) is 0 Å². The predicted molar refractivity (Wildman–Crippen MR) is 119 cm³/mol. The molecule has 0 N–H and O–H groups in total. The van der Waals surface area contributed by atoms with Crippen LogP contribution in [0.25, 0.3) is 17.4 Å². The van der Waals surface area contributed by atoms with E-state index in [0.717, 1.165) is 15.8 Å². The third-order valence-corrected chi connectivity index (χ3v) is 6.38. The van der Waals surface area contributed by atoms with Crippen LogP contribution in [-0.2, 0) is 4.79 Å². The van der Waals surface area contributed by atoms with Crippen LogP contribution < -0.4 is 0 Å². The van der Waals surface area contributed by atoms with Gasteiger partial charge < -0.3 is 4.42 Å². The average molecular weight is 474 g/mol. The van der Waals surface area contributed by atoms with Crippen LogP contribution >= 0.6 is 39.3 Å². The number of nitrogens with zero attached hydrogens (tertiary/aromatic N) is 2. The Morgan fingerprint density at radius 2 is 1.93 bits per heavy atom. The number of amides is 1. The zero-order valence-corrected chi connectivity index (χ0v) is 17.9. The summed E-state index contributed by atoms with van der Waals surface area (Å²) in [5, 5.41) is 1.16. The number of aliphatic imine (C=N–C) groups is 1. The van der Waals surface area contributed by atoms with E-state index in [1.807, 2.05) is 54.6 Å². The predicted octanol–water partition coefficient (Wildman–Crippen LogP) is 6.60. The molecule has 1 aliphatic heterocycles. The maximum Gasteiger partial charge on any atom is 0.266 e. The van der Waals surface area contributed by atoms with Crippen LogP contribution in [0.3, 0.4) is 0 Å². The first-order chi connectivity index (χ1) is 13.5. The van der Waals surface area contributed by atoms with Crippen molar-refractivity contribution in [1.82, 2.24) is 4.90 Å². The first-order valence-corrected chi connectivity index (χ1v) is 10.4. The Hall–Kier alpha value is -2.28. The molecule has 0 aliphatic carbocycles. The molecule has 4 rings (SSSR count). The summed E-state index contributed by atoms with van der Waals surface area (Å²) in [6.45, 7) is 0. The van der Waals surface area contributed by atoms with Gasteiger partial charge in [-0.1, -0.05) is 41.9 Å². The van der Waals surface area contributed by atoms with E-state index in [9.17, 15) is 4.79 Å². The second-order valence-electron chi connectivity index (χ2n) is 6.04. The summed E-state index contributed by atoms with van der Waals surface area (Å²) in [5.74, 6) is 1.26. The molecular formula is C21H14BrClN2O2S. The number of amidine groups is 1. The van der Waals surface area contributed by atoms with Gasteiger partial charge in [-0.2, -0.15) is 0 Å². The Balaban J connectivity index is 1.59. The van der Waals surface area contributed by atoms with Crippen molar-refractivity contribution in [1.29, 1.82) is 0 Å². The van der Waals surface area contributed by atoms with Crippen molar-refractivity contribution in [2.45, 2.75) is 0 Å². The van der Waals surface area contributed by atoms with Gasteiger partial charge in [0.25, 0.3) is 5.91 Å². The normalized spacial score (nSPS) is 17.1. The second-order valence-corrected chi connectivity index (χ2v) is 8.31. The summed E-state index contributed by atoms with van der Waals surface area (Å²) in [6.07, 6.45) is 1.74. The summed E-state index contributed by atoms with van der Waals surface area (Å²) in [5.41, 5.74) is 1.67. The van der Waals surface area contributed by atoms with Crippen molar-refractivity contribution in [2.75, 3.05) is 7.05 Å². The van der Waals surface area contributed by atoms with Crippen LogP contribution in [-0.4, -0.2) is 23.0 Å². The lowest BCUT2D eigenvalue weighted by atomic mass is 10.2. The highest BCUT2D eigenvalue weighted by Gasteiger charge is 2.30. The first kappa shape index (κ1) is 19.1.